The number of aromatic nitrogens is 2. The van der Waals surface area contributed by atoms with Gasteiger partial charge in [-0.1, -0.05) is 11.2 Å². The molecule has 0 fully saturated rings. The second-order valence-corrected chi connectivity index (χ2v) is 6.23. The lowest BCUT2D eigenvalue weighted by Crippen LogP contribution is -2.37. The largest absolute Gasteiger partial charge is 0.508 e. The Morgan fingerprint density at radius 3 is 3.09 bits per heavy atom. The minimum absolute atomic E-state index is 0.0965. The Bertz CT molecular complexity index is 686. The number of amides is 1. The van der Waals surface area contributed by atoms with Crippen molar-refractivity contribution in [2.45, 2.75) is 25.6 Å². The number of aromatic hydroxyl groups is 1. The summed E-state index contributed by atoms with van der Waals surface area (Å²) in [6, 6.07) is 5.36. The van der Waals surface area contributed by atoms with Gasteiger partial charge in [0.05, 0.1) is 11.5 Å². The number of thioether (sulfide) groups is 1. The molecule has 0 bridgehead atoms. The molecule has 0 radical (unpaired) electrons. The van der Waals surface area contributed by atoms with E-state index in [1.807, 2.05) is 11.0 Å². The van der Waals surface area contributed by atoms with Crippen LogP contribution in [0.3, 0.4) is 0 Å². The number of phenols is 1. The van der Waals surface area contributed by atoms with E-state index < -0.39 is 0 Å². The summed E-state index contributed by atoms with van der Waals surface area (Å²) in [5, 5.41) is 13.4. The van der Waals surface area contributed by atoms with E-state index in [4.69, 9.17) is 4.52 Å². The van der Waals surface area contributed by atoms with Gasteiger partial charge in [-0.3, -0.25) is 4.79 Å². The number of hydrogen-bond acceptors (Lipinski definition) is 6. The van der Waals surface area contributed by atoms with Gasteiger partial charge in [0.2, 0.25) is 11.8 Å². The average molecular weight is 319 g/mol. The molecule has 0 aliphatic carbocycles. The van der Waals surface area contributed by atoms with Crippen LogP contribution in [0.4, 0.5) is 0 Å². The lowest BCUT2D eigenvalue weighted by molar-refractivity contribution is -0.129. The summed E-state index contributed by atoms with van der Waals surface area (Å²) in [6.45, 7) is 3.02. The molecule has 2 aromatic rings. The van der Waals surface area contributed by atoms with Crippen molar-refractivity contribution in [3.63, 3.8) is 0 Å². The third-order valence-electron chi connectivity index (χ3n) is 3.58. The maximum atomic E-state index is 12.3. The fraction of sp³-hybridized carbons (Fsp3) is 0.400. The molecule has 7 heteroatoms. The van der Waals surface area contributed by atoms with E-state index in [0.717, 1.165) is 18.5 Å². The van der Waals surface area contributed by atoms with Crippen molar-refractivity contribution in [2.24, 2.45) is 0 Å². The van der Waals surface area contributed by atoms with Crippen LogP contribution >= 0.6 is 11.8 Å². The molecule has 1 aliphatic heterocycles. The van der Waals surface area contributed by atoms with Crippen molar-refractivity contribution < 1.29 is 14.4 Å². The molecule has 1 amide bonds. The first-order chi connectivity index (χ1) is 10.6. The monoisotopic (exact) mass is 319 g/mol. The van der Waals surface area contributed by atoms with Gasteiger partial charge >= 0.3 is 0 Å². The van der Waals surface area contributed by atoms with Crippen LogP contribution in [0.25, 0.3) is 0 Å². The zero-order valence-corrected chi connectivity index (χ0v) is 13.1. The van der Waals surface area contributed by atoms with Crippen molar-refractivity contribution in [3.8, 4) is 5.75 Å². The third-order valence-corrected chi connectivity index (χ3v) is 4.49. The molecular formula is C15H17N3O3S. The van der Waals surface area contributed by atoms with E-state index in [-0.39, 0.29) is 11.7 Å². The van der Waals surface area contributed by atoms with E-state index in [2.05, 4.69) is 10.1 Å². The molecule has 1 N–H and O–H groups in total. The number of nitrogens with zero attached hydrogens (tertiary/aromatic N) is 3. The molecule has 116 valence electrons. The fourth-order valence-electron chi connectivity index (χ4n) is 2.48. The molecule has 1 aromatic heterocycles. The molecule has 2 heterocycles. The van der Waals surface area contributed by atoms with Gasteiger partial charge < -0.3 is 14.5 Å². The topological polar surface area (TPSA) is 79.5 Å². The van der Waals surface area contributed by atoms with E-state index in [9.17, 15) is 9.90 Å². The van der Waals surface area contributed by atoms with Crippen LogP contribution in [0.1, 0.15) is 22.8 Å². The number of aryl methyl sites for hydroxylation is 1. The van der Waals surface area contributed by atoms with Crippen LogP contribution in [0, 0.1) is 6.92 Å². The molecule has 0 saturated carbocycles. The zero-order chi connectivity index (χ0) is 15.5. The minimum Gasteiger partial charge on any atom is -0.508 e. The first-order valence-corrected chi connectivity index (χ1v) is 8.23. The maximum Gasteiger partial charge on any atom is 0.232 e. The standard InChI is InChI=1S/C15H17N3O3S/c1-10-16-14(17-21-10)8-22-9-15(20)18-5-4-11-2-3-13(19)6-12(11)7-18/h2-3,6,19H,4-5,7-9H2,1H3. The quantitative estimate of drug-likeness (QED) is 0.927. The predicted molar refractivity (Wildman–Crippen MR) is 82.4 cm³/mol. The second kappa shape index (κ2) is 6.39. The minimum atomic E-state index is 0.0965. The zero-order valence-electron chi connectivity index (χ0n) is 12.3. The normalized spacial score (nSPS) is 14.0. The number of benzene rings is 1. The van der Waals surface area contributed by atoms with Crippen molar-refractivity contribution in [3.05, 3.63) is 41.0 Å². The lowest BCUT2D eigenvalue weighted by Gasteiger charge is -2.29. The predicted octanol–water partition coefficient (Wildman–Crippen LogP) is 1.90. The first-order valence-electron chi connectivity index (χ1n) is 7.07. The molecule has 22 heavy (non-hydrogen) atoms. The highest BCUT2D eigenvalue weighted by molar-refractivity contribution is 7.99. The maximum absolute atomic E-state index is 12.3. The Labute approximate surface area is 132 Å². The molecule has 6 nitrogen and oxygen atoms in total. The van der Waals surface area contributed by atoms with Gasteiger partial charge in [-0.15, -0.1) is 11.8 Å². The van der Waals surface area contributed by atoms with Gasteiger partial charge in [-0.25, -0.2) is 0 Å². The third kappa shape index (κ3) is 3.41. The summed E-state index contributed by atoms with van der Waals surface area (Å²) < 4.78 is 4.90. The Balaban J connectivity index is 1.53. The van der Waals surface area contributed by atoms with Crippen LogP contribution in [0.15, 0.2) is 22.7 Å². The molecule has 1 aliphatic rings. The Morgan fingerprint density at radius 2 is 2.32 bits per heavy atom. The molecule has 3 rings (SSSR count). The lowest BCUT2D eigenvalue weighted by atomic mass is 9.99. The summed E-state index contributed by atoms with van der Waals surface area (Å²) in [7, 11) is 0. The van der Waals surface area contributed by atoms with Crippen LogP contribution in [-0.2, 0) is 23.5 Å². The van der Waals surface area contributed by atoms with Crippen LogP contribution in [0.2, 0.25) is 0 Å². The second-order valence-electron chi connectivity index (χ2n) is 5.24. The van der Waals surface area contributed by atoms with Crippen molar-refractivity contribution in [2.75, 3.05) is 12.3 Å². The number of phenolic OH excluding ortho intramolecular Hbond substituents is 1. The first kappa shape index (κ1) is 14.9. The van der Waals surface area contributed by atoms with E-state index in [0.29, 0.717) is 29.8 Å². The van der Waals surface area contributed by atoms with Gasteiger partial charge in [0.15, 0.2) is 5.82 Å². The van der Waals surface area contributed by atoms with Crippen molar-refractivity contribution in [1.29, 1.82) is 0 Å². The highest BCUT2D eigenvalue weighted by Crippen LogP contribution is 2.23. The van der Waals surface area contributed by atoms with E-state index in [1.165, 1.54) is 17.3 Å². The van der Waals surface area contributed by atoms with Gasteiger partial charge in [0, 0.05) is 20.0 Å². The number of carbonyl (C=O) groups is 1. The fourth-order valence-corrected chi connectivity index (χ4v) is 3.24. The number of rotatable bonds is 4. The average Bonchev–Trinajstić information content (AvgIpc) is 2.92. The molecule has 0 atom stereocenters. The Hall–Kier alpha value is -2.02. The Morgan fingerprint density at radius 1 is 1.45 bits per heavy atom. The summed E-state index contributed by atoms with van der Waals surface area (Å²) in [5.74, 6) is 2.45. The summed E-state index contributed by atoms with van der Waals surface area (Å²) in [6.07, 6.45) is 0.829. The molecule has 0 unspecified atom stereocenters. The SMILES string of the molecule is Cc1nc(CSCC(=O)N2CCc3ccc(O)cc3C2)no1. The summed E-state index contributed by atoms with van der Waals surface area (Å²) in [4.78, 5) is 18.2. The summed E-state index contributed by atoms with van der Waals surface area (Å²) >= 11 is 1.48. The van der Waals surface area contributed by atoms with Crippen molar-refractivity contribution in [1.82, 2.24) is 15.0 Å². The summed E-state index contributed by atoms with van der Waals surface area (Å²) in [5.41, 5.74) is 2.23. The number of fused-ring (bicyclic) bond motifs is 1. The molecule has 1 aromatic carbocycles. The molecule has 0 spiro atoms. The number of carbonyl (C=O) groups excluding carboxylic acids is 1. The highest BCUT2D eigenvalue weighted by Gasteiger charge is 2.21. The Kier molecular flexibility index (Phi) is 4.33. The van der Waals surface area contributed by atoms with Gasteiger partial charge in [0.25, 0.3) is 0 Å². The molecule has 0 saturated heterocycles. The van der Waals surface area contributed by atoms with Crippen LogP contribution in [-0.4, -0.2) is 38.4 Å². The van der Waals surface area contributed by atoms with Gasteiger partial charge in [-0.2, -0.15) is 4.98 Å². The van der Waals surface area contributed by atoms with E-state index >= 15 is 0 Å². The van der Waals surface area contributed by atoms with Gasteiger partial charge in [0.1, 0.15) is 5.75 Å². The van der Waals surface area contributed by atoms with E-state index in [1.54, 1.807) is 19.1 Å². The van der Waals surface area contributed by atoms with Gasteiger partial charge in [-0.05, 0) is 29.7 Å². The van der Waals surface area contributed by atoms with Crippen LogP contribution in [0.5, 0.6) is 5.75 Å². The smallest absolute Gasteiger partial charge is 0.232 e. The van der Waals surface area contributed by atoms with Crippen LogP contribution < -0.4 is 0 Å². The highest BCUT2D eigenvalue weighted by atomic mass is 32.2. The van der Waals surface area contributed by atoms with Crippen molar-refractivity contribution >= 4 is 17.7 Å². The number of hydrogen-bond donors (Lipinski definition) is 1. The molecular weight excluding hydrogens is 302 g/mol.